The van der Waals surface area contributed by atoms with Gasteiger partial charge in [0.25, 0.3) is 0 Å². The van der Waals surface area contributed by atoms with Gasteiger partial charge in [0, 0.05) is 6.54 Å². The molecule has 0 bridgehead atoms. The molecule has 0 aliphatic rings. The maximum Gasteiger partial charge on any atom is 0.335 e. The first kappa shape index (κ1) is 20.7. The molecule has 1 atom stereocenters. The van der Waals surface area contributed by atoms with E-state index in [1.54, 1.807) is 36.4 Å². The molecular weight excluding hydrogens is 391 g/mol. The highest BCUT2D eigenvalue weighted by molar-refractivity contribution is 7.80. The van der Waals surface area contributed by atoms with E-state index >= 15 is 0 Å². The molecule has 8 heteroatoms. The highest BCUT2D eigenvalue weighted by Crippen LogP contribution is 2.24. The summed E-state index contributed by atoms with van der Waals surface area (Å²) in [5.41, 5.74) is 1.96. The Balaban J connectivity index is 1.89. The number of carbonyl (C=O) groups is 1. The van der Waals surface area contributed by atoms with Crippen LogP contribution in [-0.4, -0.2) is 25.7 Å². The predicted molar refractivity (Wildman–Crippen MR) is 116 cm³/mol. The summed E-state index contributed by atoms with van der Waals surface area (Å²) in [6.45, 7) is 6.83. The number of rotatable bonds is 6. The van der Waals surface area contributed by atoms with Gasteiger partial charge < -0.3 is 20.3 Å². The number of halogens is 1. The number of para-hydroxylation sites is 1. The number of nitrogens with zero attached hydrogens (tertiary/aromatic N) is 2. The lowest BCUT2D eigenvalue weighted by Gasteiger charge is -2.19. The second-order valence-electron chi connectivity index (χ2n) is 7.28. The molecule has 1 aromatic heterocycles. The van der Waals surface area contributed by atoms with Gasteiger partial charge in [-0.3, -0.25) is 0 Å². The van der Waals surface area contributed by atoms with Crippen LogP contribution in [0.2, 0.25) is 0 Å². The van der Waals surface area contributed by atoms with Crippen molar-refractivity contribution in [2.45, 2.75) is 33.4 Å². The van der Waals surface area contributed by atoms with E-state index in [-0.39, 0.29) is 16.7 Å². The molecule has 3 rings (SSSR count). The molecule has 2 aromatic carbocycles. The molecular formula is C21H23FN4O2S. The second-order valence-corrected chi connectivity index (χ2v) is 7.69. The Bertz CT molecular complexity index is 1060. The average Bonchev–Trinajstić information content (AvgIpc) is 3.01. The fourth-order valence-electron chi connectivity index (χ4n) is 3.15. The zero-order valence-corrected chi connectivity index (χ0v) is 17.3. The Morgan fingerprint density at radius 3 is 2.62 bits per heavy atom. The third-order valence-corrected chi connectivity index (χ3v) is 4.65. The summed E-state index contributed by atoms with van der Waals surface area (Å²) in [7, 11) is 0. The molecule has 0 amide bonds. The normalized spacial score (nSPS) is 12.2. The number of fused-ring (bicyclic) bond motifs is 1. The Morgan fingerprint density at radius 1 is 1.24 bits per heavy atom. The van der Waals surface area contributed by atoms with E-state index in [4.69, 9.17) is 12.2 Å². The van der Waals surface area contributed by atoms with Crippen LogP contribution in [0.15, 0.2) is 42.5 Å². The van der Waals surface area contributed by atoms with Crippen LogP contribution in [0, 0.1) is 11.7 Å². The first-order valence-corrected chi connectivity index (χ1v) is 9.72. The maximum absolute atomic E-state index is 13.8. The topological polar surface area (TPSA) is 79.2 Å². The van der Waals surface area contributed by atoms with Crippen LogP contribution in [0.5, 0.6) is 0 Å². The summed E-state index contributed by atoms with van der Waals surface area (Å²) in [6, 6.07) is 10.9. The zero-order valence-electron chi connectivity index (χ0n) is 16.4. The Morgan fingerprint density at radius 2 is 1.97 bits per heavy atom. The third kappa shape index (κ3) is 4.71. The molecule has 152 valence electrons. The van der Waals surface area contributed by atoms with Gasteiger partial charge in [0.2, 0.25) is 0 Å². The van der Waals surface area contributed by atoms with Crippen molar-refractivity contribution in [3.63, 3.8) is 0 Å². The fourth-order valence-corrected chi connectivity index (χ4v) is 3.44. The Kier molecular flexibility index (Phi) is 6.12. The van der Waals surface area contributed by atoms with Crippen molar-refractivity contribution in [3.05, 3.63) is 59.7 Å². The largest absolute Gasteiger partial charge is 0.478 e. The summed E-state index contributed by atoms with van der Waals surface area (Å²) in [5.74, 6) is -0.291. The summed E-state index contributed by atoms with van der Waals surface area (Å²) in [5, 5.41) is 15.5. The molecule has 6 nitrogen and oxygen atoms in total. The molecule has 0 fully saturated rings. The minimum absolute atomic E-state index is 0.190. The molecule has 3 aromatic rings. The quantitative estimate of drug-likeness (QED) is 0.513. The van der Waals surface area contributed by atoms with Crippen molar-refractivity contribution in [1.82, 2.24) is 14.9 Å². The van der Waals surface area contributed by atoms with Crippen LogP contribution in [0.3, 0.4) is 0 Å². The van der Waals surface area contributed by atoms with Crippen LogP contribution < -0.4 is 10.6 Å². The van der Waals surface area contributed by atoms with E-state index in [9.17, 15) is 14.3 Å². The van der Waals surface area contributed by atoms with Gasteiger partial charge in [-0.15, -0.1) is 0 Å². The lowest BCUT2D eigenvalue weighted by atomic mass is 10.2. The molecule has 1 heterocycles. The highest BCUT2D eigenvalue weighted by Gasteiger charge is 2.19. The Hall–Kier alpha value is -3.00. The van der Waals surface area contributed by atoms with E-state index in [2.05, 4.69) is 34.0 Å². The van der Waals surface area contributed by atoms with Crippen LogP contribution >= 0.6 is 12.2 Å². The van der Waals surface area contributed by atoms with E-state index in [0.29, 0.717) is 17.1 Å². The number of anilines is 1. The maximum atomic E-state index is 13.8. The lowest BCUT2D eigenvalue weighted by molar-refractivity contribution is 0.0697. The first-order valence-electron chi connectivity index (χ1n) is 9.31. The minimum atomic E-state index is -0.992. The Labute approximate surface area is 173 Å². The highest BCUT2D eigenvalue weighted by atomic mass is 32.1. The molecule has 0 aliphatic heterocycles. The van der Waals surface area contributed by atoms with Crippen LogP contribution in [-0.2, 0) is 6.54 Å². The number of imidazole rings is 1. The van der Waals surface area contributed by atoms with Crippen molar-refractivity contribution in [3.8, 4) is 0 Å². The van der Waals surface area contributed by atoms with Gasteiger partial charge in [-0.2, -0.15) is 0 Å². The van der Waals surface area contributed by atoms with E-state index in [1.165, 1.54) is 6.07 Å². The number of aromatic nitrogens is 2. The number of carboxylic acid groups (broad SMARTS) is 1. The van der Waals surface area contributed by atoms with Gasteiger partial charge in [0.15, 0.2) is 5.11 Å². The second kappa shape index (κ2) is 8.57. The minimum Gasteiger partial charge on any atom is -0.478 e. The number of nitrogens with one attached hydrogen (secondary N) is 2. The molecule has 0 saturated carbocycles. The molecule has 29 heavy (non-hydrogen) atoms. The molecule has 0 spiro atoms. The summed E-state index contributed by atoms with van der Waals surface area (Å²) < 4.78 is 15.9. The van der Waals surface area contributed by atoms with E-state index in [1.807, 2.05) is 6.92 Å². The molecule has 0 radical (unpaired) electrons. The summed E-state index contributed by atoms with van der Waals surface area (Å²) >= 11 is 5.34. The van der Waals surface area contributed by atoms with Crippen LogP contribution in [0.4, 0.5) is 10.1 Å². The van der Waals surface area contributed by atoms with E-state index in [0.717, 1.165) is 17.9 Å². The molecule has 0 saturated heterocycles. The van der Waals surface area contributed by atoms with Crippen LogP contribution in [0.1, 0.15) is 43.0 Å². The van der Waals surface area contributed by atoms with Crippen molar-refractivity contribution in [1.29, 1.82) is 0 Å². The predicted octanol–water partition coefficient (Wildman–Crippen LogP) is 4.58. The lowest BCUT2D eigenvalue weighted by Crippen LogP contribution is -2.32. The van der Waals surface area contributed by atoms with Gasteiger partial charge in [-0.1, -0.05) is 26.0 Å². The fraction of sp³-hybridized carbons (Fsp3) is 0.286. The van der Waals surface area contributed by atoms with Gasteiger partial charge in [0.05, 0.1) is 28.3 Å². The van der Waals surface area contributed by atoms with Gasteiger partial charge >= 0.3 is 5.97 Å². The average molecular weight is 415 g/mol. The van der Waals surface area contributed by atoms with Gasteiger partial charge in [-0.25, -0.2) is 14.2 Å². The summed E-state index contributed by atoms with van der Waals surface area (Å²) in [6.07, 6.45) is 0. The number of benzene rings is 2. The number of thiocarbonyl (C=S) groups is 1. The number of hydrogen-bond donors (Lipinski definition) is 3. The monoisotopic (exact) mass is 414 g/mol. The molecule has 0 aliphatic carbocycles. The van der Waals surface area contributed by atoms with Gasteiger partial charge in [-0.05, 0) is 55.4 Å². The van der Waals surface area contributed by atoms with Crippen LogP contribution in [0.25, 0.3) is 11.0 Å². The van der Waals surface area contributed by atoms with Gasteiger partial charge in [0.1, 0.15) is 11.6 Å². The zero-order chi connectivity index (χ0) is 21.1. The third-order valence-electron chi connectivity index (χ3n) is 4.43. The van der Waals surface area contributed by atoms with Crippen molar-refractivity contribution in [2.24, 2.45) is 5.92 Å². The smallest absolute Gasteiger partial charge is 0.335 e. The van der Waals surface area contributed by atoms with Crippen molar-refractivity contribution < 1.29 is 14.3 Å². The number of carboxylic acids is 1. The molecule has 3 N–H and O–H groups in total. The summed E-state index contributed by atoms with van der Waals surface area (Å²) in [4.78, 5) is 16.0. The van der Waals surface area contributed by atoms with Crippen molar-refractivity contribution in [2.75, 3.05) is 5.32 Å². The number of hydrogen-bond acceptors (Lipinski definition) is 3. The van der Waals surface area contributed by atoms with E-state index < -0.39 is 11.8 Å². The number of aromatic carboxylic acids is 1. The molecule has 1 unspecified atom stereocenters. The van der Waals surface area contributed by atoms with Crippen molar-refractivity contribution >= 4 is 40.0 Å². The first-order chi connectivity index (χ1) is 13.8. The SMILES string of the molecule is CC(C)Cn1c(C(C)NC(=S)Nc2ccccc2F)nc2cc(C(=O)O)ccc21. The standard InChI is InChI=1S/C21H23FN4O2S/c1-12(2)11-26-18-9-8-14(20(27)28)10-17(18)24-19(26)13(3)23-21(29)25-16-7-5-4-6-15(16)22/h4-10,12-13H,11H2,1-3H3,(H,27,28)(H2,23,25,29).